The molecular weight excluding hydrogens is 208 g/mol. The molecule has 0 radical (unpaired) electrons. The van der Waals surface area contributed by atoms with Gasteiger partial charge < -0.3 is 4.74 Å². The highest BCUT2D eigenvalue weighted by atomic mass is 32.2. The molecule has 0 aromatic carbocycles. The summed E-state index contributed by atoms with van der Waals surface area (Å²) < 4.78 is 16.8. The van der Waals surface area contributed by atoms with E-state index in [9.17, 15) is 9.00 Å². The van der Waals surface area contributed by atoms with E-state index >= 15 is 0 Å². The summed E-state index contributed by atoms with van der Waals surface area (Å²) in [5.41, 5.74) is 0. The van der Waals surface area contributed by atoms with Crippen molar-refractivity contribution in [2.24, 2.45) is 0 Å². The van der Waals surface area contributed by atoms with Crippen molar-refractivity contribution >= 4 is 28.1 Å². The minimum Gasteiger partial charge on any atom is -0.468 e. The van der Waals surface area contributed by atoms with Crippen molar-refractivity contribution in [3.63, 3.8) is 0 Å². The van der Waals surface area contributed by atoms with Gasteiger partial charge in [0.2, 0.25) is 0 Å². The predicted molar refractivity (Wildman–Crippen MR) is 52.2 cm³/mol. The Balaban J connectivity index is 2.74. The second-order valence-corrected chi connectivity index (χ2v) is 5.34. The Morgan fingerprint density at radius 2 is 2.38 bits per heavy atom. The molecule has 1 aromatic heterocycles. The molecule has 5 heteroatoms. The van der Waals surface area contributed by atoms with Gasteiger partial charge >= 0.3 is 5.97 Å². The molecule has 1 heterocycles. The van der Waals surface area contributed by atoms with Crippen LogP contribution in [0.15, 0.2) is 21.7 Å². The molecule has 1 rings (SSSR count). The molecule has 0 bridgehead atoms. The van der Waals surface area contributed by atoms with Crippen molar-refractivity contribution in [3.05, 3.63) is 17.5 Å². The zero-order valence-electron chi connectivity index (χ0n) is 7.35. The lowest BCUT2D eigenvalue weighted by atomic mass is 10.5. The molecule has 13 heavy (non-hydrogen) atoms. The van der Waals surface area contributed by atoms with E-state index in [1.54, 1.807) is 13.0 Å². The molecule has 2 atom stereocenters. The lowest BCUT2D eigenvalue weighted by Gasteiger charge is -2.06. The van der Waals surface area contributed by atoms with E-state index in [-0.39, 0.29) is 0 Å². The van der Waals surface area contributed by atoms with Crippen LogP contribution < -0.4 is 0 Å². The van der Waals surface area contributed by atoms with Crippen LogP contribution in [-0.2, 0) is 20.3 Å². The van der Waals surface area contributed by atoms with Gasteiger partial charge in [-0.3, -0.25) is 9.00 Å². The van der Waals surface area contributed by atoms with Gasteiger partial charge in [-0.25, -0.2) is 0 Å². The van der Waals surface area contributed by atoms with Gasteiger partial charge in [0.15, 0.2) is 0 Å². The zero-order chi connectivity index (χ0) is 9.84. The number of ether oxygens (including phenoxy) is 1. The number of hydrogen-bond acceptors (Lipinski definition) is 4. The van der Waals surface area contributed by atoms with Crippen molar-refractivity contribution in [3.8, 4) is 0 Å². The van der Waals surface area contributed by atoms with E-state index in [0.29, 0.717) is 4.21 Å². The summed E-state index contributed by atoms with van der Waals surface area (Å²) in [6.07, 6.45) is 0. The first-order valence-electron chi connectivity index (χ1n) is 3.68. The predicted octanol–water partition coefficient (Wildman–Crippen LogP) is 1.42. The van der Waals surface area contributed by atoms with Crippen molar-refractivity contribution in [1.29, 1.82) is 0 Å². The van der Waals surface area contributed by atoms with E-state index in [1.165, 1.54) is 18.4 Å². The lowest BCUT2D eigenvalue weighted by molar-refractivity contribution is -0.139. The number of esters is 1. The summed E-state index contributed by atoms with van der Waals surface area (Å²) in [5, 5.41) is 1.24. The van der Waals surface area contributed by atoms with E-state index < -0.39 is 22.0 Å². The van der Waals surface area contributed by atoms with Gasteiger partial charge in [-0.2, -0.15) is 0 Å². The molecule has 2 unspecified atom stereocenters. The minimum absolute atomic E-state index is 0.438. The Morgan fingerprint density at radius 3 is 2.85 bits per heavy atom. The van der Waals surface area contributed by atoms with Gasteiger partial charge in [0.05, 0.1) is 22.1 Å². The fraction of sp³-hybridized carbons (Fsp3) is 0.375. The maximum atomic E-state index is 11.6. The molecule has 0 spiro atoms. The van der Waals surface area contributed by atoms with Gasteiger partial charge in [-0.15, -0.1) is 11.3 Å². The highest BCUT2D eigenvalue weighted by Gasteiger charge is 2.22. The van der Waals surface area contributed by atoms with Crippen LogP contribution in [-0.4, -0.2) is 22.5 Å². The molecule has 3 nitrogen and oxygen atoms in total. The van der Waals surface area contributed by atoms with E-state index in [0.717, 1.165) is 0 Å². The first-order chi connectivity index (χ1) is 6.16. The van der Waals surface area contributed by atoms with Crippen LogP contribution >= 0.6 is 11.3 Å². The molecule has 0 fully saturated rings. The van der Waals surface area contributed by atoms with E-state index in [4.69, 9.17) is 0 Å². The maximum Gasteiger partial charge on any atom is 0.321 e. The monoisotopic (exact) mass is 218 g/mol. The van der Waals surface area contributed by atoms with Gasteiger partial charge in [0, 0.05) is 0 Å². The van der Waals surface area contributed by atoms with Crippen LogP contribution in [0.3, 0.4) is 0 Å². The molecule has 0 saturated heterocycles. The second-order valence-electron chi connectivity index (χ2n) is 2.39. The molecule has 72 valence electrons. The highest BCUT2D eigenvalue weighted by Crippen LogP contribution is 2.17. The molecule has 0 amide bonds. The summed E-state index contributed by atoms with van der Waals surface area (Å²) in [6, 6.07) is 3.56. The number of hydrogen-bond donors (Lipinski definition) is 0. The smallest absolute Gasteiger partial charge is 0.321 e. The fourth-order valence-corrected chi connectivity index (χ4v) is 3.07. The Morgan fingerprint density at radius 1 is 1.69 bits per heavy atom. The van der Waals surface area contributed by atoms with Gasteiger partial charge in [0.1, 0.15) is 5.25 Å². The normalized spacial score (nSPS) is 14.9. The Hall–Kier alpha value is -0.680. The van der Waals surface area contributed by atoms with Crippen LogP contribution in [0, 0.1) is 0 Å². The number of carbonyl (C=O) groups excluding carboxylic acids is 1. The number of methoxy groups -OCH3 is 1. The SMILES string of the molecule is COC(=O)C(C)S(=O)c1cccs1. The molecular formula is C8H10O3S2. The lowest BCUT2D eigenvalue weighted by Crippen LogP contribution is -2.23. The maximum absolute atomic E-state index is 11.6. The van der Waals surface area contributed by atoms with E-state index in [1.807, 2.05) is 11.4 Å². The topological polar surface area (TPSA) is 43.4 Å². The average molecular weight is 218 g/mol. The summed E-state index contributed by atoms with van der Waals surface area (Å²) in [7, 11) is 0.0130. The summed E-state index contributed by atoms with van der Waals surface area (Å²) in [5.74, 6) is -0.438. The van der Waals surface area contributed by atoms with Crippen LogP contribution in [0.25, 0.3) is 0 Å². The van der Waals surface area contributed by atoms with E-state index in [2.05, 4.69) is 4.74 Å². The standard InChI is InChI=1S/C8H10O3S2/c1-6(8(9)11-2)13(10)7-4-3-5-12-7/h3-6H,1-2H3. The number of rotatable bonds is 3. The van der Waals surface area contributed by atoms with Crippen molar-refractivity contribution in [2.75, 3.05) is 7.11 Å². The van der Waals surface area contributed by atoms with Crippen LogP contribution in [0.5, 0.6) is 0 Å². The quantitative estimate of drug-likeness (QED) is 0.721. The van der Waals surface area contributed by atoms with Gasteiger partial charge in [-0.05, 0) is 18.4 Å². The zero-order valence-corrected chi connectivity index (χ0v) is 8.98. The van der Waals surface area contributed by atoms with Crippen molar-refractivity contribution in [2.45, 2.75) is 16.4 Å². The Bertz CT molecular complexity index is 305. The molecule has 0 aliphatic rings. The average Bonchev–Trinajstić information content (AvgIpc) is 2.67. The summed E-state index contributed by atoms with van der Waals surface area (Å²) in [6.45, 7) is 1.60. The molecule has 0 saturated carbocycles. The second kappa shape index (κ2) is 4.53. The van der Waals surface area contributed by atoms with Crippen LogP contribution in [0.4, 0.5) is 0 Å². The number of carbonyl (C=O) groups is 1. The van der Waals surface area contributed by atoms with Gasteiger partial charge in [0.25, 0.3) is 0 Å². The van der Waals surface area contributed by atoms with Crippen LogP contribution in [0.2, 0.25) is 0 Å². The largest absolute Gasteiger partial charge is 0.468 e. The minimum atomic E-state index is -1.28. The molecule has 1 aromatic rings. The third kappa shape index (κ3) is 2.38. The Kier molecular flexibility index (Phi) is 3.62. The first kappa shape index (κ1) is 10.4. The Labute approximate surface area is 83.2 Å². The highest BCUT2D eigenvalue weighted by molar-refractivity contribution is 7.88. The van der Waals surface area contributed by atoms with Crippen molar-refractivity contribution < 1.29 is 13.7 Å². The number of thiophene rings is 1. The summed E-state index contributed by atoms with van der Waals surface area (Å²) >= 11 is 1.38. The third-order valence-electron chi connectivity index (χ3n) is 1.55. The molecule has 0 aliphatic heterocycles. The molecule has 0 N–H and O–H groups in total. The summed E-state index contributed by atoms with van der Waals surface area (Å²) in [4.78, 5) is 11.0. The van der Waals surface area contributed by atoms with Gasteiger partial charge in [-0.1, -0.05) is 6.07 Å². The third-order valence-corrected chi connectivity index (χ3v) is 4.36. The fourth-order valence-electron chi connectivity index (χ4n) is 0.806. The molecule has 0 aliphatic carbocycles. The van der Waals surface area contributed by atoms with Crippen molar-refractivity contribution in [1.82, 2.24) is 0 Å². The van der Waals surface area contributed by atoms with Crippen LogP contribution in [0.1, 0.15) is 6.92 Å². The first-order valence-corrected chi connectivity index (χ1v) is 5.78.